The van der Waals surface area contributed by atoms with Crippen LogP contribution in [0.4, 0.5) is 10.5 Å². The van der Waals surface area contributed by atoms with Crippen LogP contribution in [0, 0.1) is 5.92 Å². The topological polar surface area (TPSA) is 46.6 Å². The highest BCUT2D eigenvalue weighted by Crippen LogP contribution is 2.35. The molecule has 1 heterocycles. The van der Waals surface area contributed by atoms with Crippen molar-refractivity contribution in [3.05, 3.63) is 65.1 Å². The fourth-order valence-corrected chi connectivity index (χ4v) is 3.18. The summed E-state index contributed by atoms with van der Waals surface area (Å²) in [6, 6.07) is 16.5. The van der Waals surface area contributed by atoms with Crippen molar-refractivity contribution in [3.8, 4) is 5.75 Å². The van der Waals surface area contributed by atoms with Gasteiger partial charge in [0.1, 0.15) is 5.75 Å². The number of thioether (sulfide) groups is 1. The first-order valence-electron chi connectivity index (χ1n) is 8.10. The molecular formula is C20H19NO3S. The van der Waals surface area contributed by atoms with Crippen molar-refractivity contribution in [2.75, 3.05) is 11.5 Å². The Morgan fingerprint density at radius 3 is 2.36 bits per heavy atom. The minimum Gasteiger partial charge on any atom is -0.493 e. The number of ether oxygens (including phenoxy) is 1. The van der Waals surface area contributed by atoms with Crippen LogP contribution in [-0.2, 0) is 4.79 Å². The molecule has 0 radical (unpaired) electrons. The Labute approximate surface area is 151 Å². The first kappa shape index (κ1) is 17.3. The quantitative estimate of drug-likeness (QED) is 0.713. The van der Waals surface area contributed by atoms with E-state index < -0.39 is 0 Å². The second kappa shape index (κ2) is 7.57. The van der Waals surface area contributed by atoms with Gasteiger partial charge in [-0.05, 0) is 53.6 Å². The first-order valence-corrected chi connectivity index (χ1v) is 8.92. The Balaban J connectivity index is 1.76. The highest BCUT2D eigenvalue weighted by molar-refractivity contribution is 8.19. The van der Waals surface area contributed by atoms with Gasteiger partial charge in [-0.1, -0.05) is 44.2 Å². The van der Waals surface area contributed by atoms with Gasteiger partial charge in [0.25, 0.3) is 11.1 Å². The molecule has 2 aromatic rings. The van der Waals surface area contributed by atoms with Gasteiger partial charge in [0.05, 0.1) is 17.2 Å². The van der Waals surface area contributed by atoms with Crippen LogP contribution in [0.5, 0.6) is 5.75 Å². The van der Waals surface area contributed by atoms with Crippen LogP contribution < -0.4 is 9.64 Å². The lowest BCUT2D eigenvalue weighted by atomic mass is 10.2. The second-order valence-corrected chi connectivity index (χ2v) is 7.12. The number of imide groups is 1. The summed E-state index contributed by atoms with van der Waals surface area (Å²) < 4.78 is 5.65. The number of carbonyl (C=O) groups is 2. The minimum atomic E-state index is -0.290. The molecule has 0 aromatic heterocycles. The first-order chi connectivity index (χ1) is 12.0. The molecule has 0 aliphatic carbocycles. The fraction of sp³-hybridized carbons (Fsp3) is 0.200. The molecule has 0 spiro atoms. The maximum atomic E-state index is 12.6. The molecule has 2 amide bonds. The van der Waals surface area contributed by atoms with E-state index in [2.05, 4.69) is 13.8 Å². The van der Waals surface area contributed by atoms with E-state index in [9.17, 15) is 9.59 Å². The molecule has 2 aromatic carbocycles. The normalized spacial score (nSPS) is 16.1. The van der Waals surface area contributed by atoms with Crippen molar-refractivity contribution in [2.24, 2.45) is 5.92 Å². The third-order valence-electron chi connectivity index (χ3n) is 3.57. The summed E-state index contributed by atoms with van der Waals surface area (Å²) in [4.78, 5) is 26.4. The predicted octanol–water partition coefficient (Wildman–Crippen LogP) is 4.96. The van der Waals surface area contributed by atoms with Crippen molar-refractivity contribution in [1.29, 1.82) is 0 Å². The molecule has 1 aliphatic heterocycles. The van der Waals surface area contributed by atoms with Crippen molar-refractivity contribution < 1.29 is 14.3 Å². The molecule has 0 atom stereocenters. The van der Waals surface area contributed by atoms with Crippen molar-refractivity contribution in [3.63, 3.8) is 0 Å². The fourth-order valence-electron chi connectivity index (χ4n) is 2.34. The number of hydrogen-bond donors (Lipinski definition) is 0. The SMILES string of the molecule is CC(C)COc1ccc(/C=C2\SC(=O)N(c3ccccc3)C2=O)cc1. The number of anilines is 1. The average molecular weight is 353 g/mol. The van der Waals surface area contributed by atoms with Gasteiger partial charge >= 0.3 is 0 Å². The molecule has 128 valence electrons. The zero-order valence-corrected chi connectivity index (χ0v) is 15.0. The molecule has 1 fully saturated rings. The summed E-state index contributed by atoms with van der Waals surface area (Å²) in [6.07, 6.45) is 1.74. The monoisotopic (exact) mass is 353 g/mol. The van der Waals surface area contributed by atoms with E-state index in [1.165, 1.54) is 4.90 Å². The van der Waals surface area contributed by atoms with E-state index in [1.807, 2.05) is 30.3 Å². The number of carbonyl (C=O) groups excluding carboxylic acids is 2. The molecule has 5 heteroatoms. The van der Waals surface area contributed by atoms with Gasteiger partial charge in [-0.15, -0.1) is 0 Å². The molecule has 25 heavy (non-hydrogen) atoms. The van der Waals surface area contributed by atoms with E-state index >= 15 is 0 Å². The van der Waals surface area contributed by atoms with Gasteiger partial charge in [0, 0.05) is 0 Å². The highest BCUT2D eigenvalue weighted by atomic mass is 32.2. The van der Waals surface area contributed by atoms with Crippen molar-refractivity contribution >= 4 is 34.7 Å². The molecule has 1 saturated heterocycles. The van der Waals surface area contributed by atoms with Crippen LogP contribution >= 0.6 is 11.8 Å². The van der Waals surface area contributed by atoms with Gasteiger partial charge < -0.3 is 4.74 Å². The summed E-state index contributed by atoms with van der Waals surface area (Å²) >= 11 is 0.957. The average Bonchev–Trinajstić information content (AvgIpc) is 2.88. The van der Waals surface area contributed by atoms with E-state index in [1.54, 1.807) is 30.3 Å². The molecule has 0 bridgehead atoms. The third kappa shape index (κ3) is 4.12. The zero-order chi connectivity index (χ0) is 17.8. The highest BCUT2D eigenvalue weighted by Gasteiger charge is 2.36. The van der Waals surface area contributed by atoms with Crippen LogP contribution in [0.1, 0.15) is 19.4 Å². The lowest BCUT2D eigenvalue weighted by Crippen LogP contribution is -2.27. The number of rotatable bonds is 5. The van der Waals surface area contributed by atoms with E-state index in [0.29, 0.717) is 23.1 Å². The van der Waals surface area contributed by atoms with Gasteiger partial charge in [-0.2, -0.15) is 0 Å². The zero-order valence-electron chi connectivity index (χ0n) is 14.1. The summed E-state index contributed by atoms with van der Waals surface area (Å²) in [6.45, 7) is 4.85. The van der Waals surface area contributed by atoms with E-state index in [4.69, 9.17) is 4.74 Å². The second-order valence-electron chi connectivity index (χ2n) is 6.13. The van der Waals surface area contributed by atoms with Gasteiger partial charge in [-0.25, -0.2) is 4.90 Å². The van der Waals surface area contributed by atoms with Crippen LogP contribution in [-0.4, -0.2) is 17.8 Å². The number of nitrogens with zero attached hydrogens (tertiary/aromatic N) is 1. The molecule has 0 N–H and O–H groups in total. The Morgan fingerprint density at radius 2 is 1.72 bits per heavy atom. The van der Waals surface area contributed by atoms with Gasteiger partial charge in [-0.3, -0.25) is 9.59 Å². The lowest BCUT2D eigenvalue weighted by molar-refractivity contribution is -0.113. The number of para-hydroxylation sites is 1. The number of hydrogen-bond acceptors (Lipinski definition) is 4. The molecule has 4 nitrogen and oxygen atoms in total. The molecule has 0 unspecified atom stereocenters. The van der Waals surface area contributed by atoms with Crippen LogP contribution in [0.15, 0.2) is 59.5 Å². The van der Waals surface area contributed by atoms with Gasteiger partial charge in [0.15, 0.2) is 0 Å². The standard InChI is InChI=1S/C20H19NO3S/c1-14(2)13-24-17-10-8-15(9-11-17)12-18-19(22)21(20(23)25-18)16-6-4-3-5-7-16/h3-12,14H,13H2,1-2H3/b18-12-. The van der Waals surface area contributed by atoms with Crippen molar-refractivity contribution in [2.45, 2.75) is 13.8 Å². The number of benzene rings is 2. The minimum absolute atomic E-state index is 0.278. The summed E-state index contributed by atoms with van der Waals surface area (Å²) in [5.74, 6) is 0.967. The van der Waals surface area contributed by atoms with Crippen LogP contribution in [0.25, 0.3) is 6.08 Å². The van der Waals surface area contributed by atoms with Gasteiger partial charge in [0.2, 0.25) is 0 Å². The molecule has 3 rings (SSSR count). The Hall–Kier alpha value is -2.53. The predicted molar refractivity (Wildman–Crippen MR) is 102 cm³/mol. The summed E-state index contributed by atoms with van der Waals surface area (Å²) in [5, 5.41) is -0.278. The maximum Gasteiger partial charge on any atom is 0.298 e. The largest absolute Gasteiger partial charge is 0.493 e. The Morgan fingerprint density at radius 1 is 1.04 bits per heavy atom. The maximum absolute atomic E-state index is 12.6. The molecular weight excluding hydrogens is 334 g/mol. The Kier molecular flexibility index (Phi) is 5.24. The summed E-state index contributed by atoms with van der Waals surface area (Å²) in [5.41, 5.74) is 1.45. The van der Waals surface area contributed by atoms with Crippen molar-refractivity contribution in [1.82, 2.24) is 0 Å². The van der Waals surface area contributed by atoms with E-state index in [0.717, 1.165) is 23.1 Å². The lowest BCUT2D eigenvalue weighted by Gasteiger charge is -2.11. The third-order valence-corrected chi connectivity index (χ3v) is 4.44. The summed E-state index contributed by atoms with van der Waals surface area (Å²) in [7, 11) is 0. The van der Waals surface area contributed by atoms with Crippen LogP contribution in [0.3, 0.4) is 0 Å². The smallest absolute Gasteiger partial charge is 0.298 e. The molecule has 1 aliphatic rings. The number of amides is 2. The molecule has 0 saturated carbocycles. The Bertz CT molecular complexity index is 797. The van der Waals surface area contributed by atoms with Crippen LogP contribution in [0.2, 0.25) is 0 Å². The van der Waals surface area contributed by atoms with E-state index in [-0.39, 0.29) is 11.1 Å².